The lowest BCUT2D eigenvalue weighted by Crippen LogP contribution is -2.36. The van der Waals surface area contributed by atoms with E-state index in [-0.39, 0.29) is 17.8 Å². The van der Waals surface area contributed by atoms with Crippen LogP contribution in [-0.4, -0.2) is 38.3 Å². The Kier molecular flexibility index (Phi) is 6.67. The maximum atomic E-state index is 14.8. The number of anilines is 1. The van der Waals surface area contributed by atoms with Gasteiger partial charge in [0.05, 0.1) is 25.7 Å². The number of nitrogens with one attached hydrogen (secondary N) is 2. The molecule has 2 aliphatic rings. The van der Waals surface area contributed by atoms with Crippen molar-refractivity contribution in [2.45, 2.75) is 25.9 Å². The van der Waals surface area contributed by atoms with Crippen molar-refractivity contribution in [1.82, 2.24) is 10.6 Å². The van der Waals surface area contributed by atoms with Crippen LogP contribution in [0.3, 0.4) is 0 Å². The van der Waals surface area contributed by atoms with Gasteiger partial charge in [-0.1, -0.05) is 42.0 Å². The van der Waals surface area contributed by atoms with Gasteiger partial charge in [0, 0.05) is 42.7 Å². The second-order valence-corrected chi connectivity index (χ2v) is 7.97. The van der Waals surface area contributed by atoms with Crippen molar-refractivity contribution >= 4 is 17.2 Å². The zero-order valence-electron chi connectivity index (χ0n) is 17.7. The molecule has 2 N–H and O–H groups in total. The number of ether oxygens (including phenoxy) is 1. The number of morpholine rings is 1. The van der Waals surface area contributed by atoms with Gasteiger partial charge < -0.3 is 20.3 Å². The molecule has 31 heavy (non-hydrogen) atoms. The highest BCUT2D eigenvalue weighted by molar-refractivity contribution is 5.79. The van der Waals surface area contributed by atoms with Gasteiger partial charge in [0.1, 0.15) is 5.82 Å². The van der Waals surface area contributed by atoms with Crippen LogP contribution in [-0.2, 0) is 16.1 Å². The molecule has 4 rings (SSSR count). The van der Waals surface area contributed by atoms with Gasteiger partial charge in [0.25, 0.3) is 0 Å². The lowest BCUT2D eigenvalue weighted by Gasteiger charge is -2.29. The Hall–Kier alpha value is -3.12. The quantitative estimate of drug-likeness (QED) is 0.749. The number of allylic oxidation sites excluding steroid dienone is 2. The van der Waals surface area contributed by atoms with E-state index in [2.05, 4.69) is 21.6 Å². The first-order valence-electron chi connectivity index (χ1n) is 10.7. The van der Waals surface area contributed by atoms with Crippen LogP contribution in [0.15, 0.2) is 60.8 Å². The number of halogens is 1. The summed E-state index contributed by atoms with van der Waals surface area (Å²) in [6.45, 7) is 5.43. The molecule has 1 fully saturated rings. The molecule has 5 nitrogen and oxygen atoms in total. The fraction of sp³-hybridized carbons (Fsp3) is 0.320. The zero-order chi connectivity index (χ0) is 21.6. The van der Waals surface area contributed by atoms with Gasteiger partial charge in [-0.05, 0) is 30.7 Å². The summed E-state index contributed by atoms with van der Waals surface area (Å²) in [5.74, 6) is -0.280. The SMILES string of the molecule is Cc1cccc(CNC(=O)CC2C=CC(c3ccc(N4CCOCC4)cc3F)=CN2)c1. The Morgan fingerprint density at radius 3 is 2.77 bits per heavy atom. The van der Waals surface area contributed by atoms with E-state index in [0.29, 0.717) is 31.7 Å². The summed E-state index contributed by atoms with van der Waals surface area (Å²) >= 11 is 0. The van der Waals surface area contributed by atoms with E-state index in [4.69, 9.17) is 4.74 Å². The molecule has 2 aliphatic heterocycles. The Morgan fingerprint density at radius 2 is 2.06 bits per heavy atom. The molecule has 0 radical (unpaired) electrons. The van der Waals surface area contributed by atoms with Crippen LogP contribution in [0.25, 0.3) is 5.57 Å². The molecule has 2 heterocycles. The number of carbonyl (C=O) groups excluding carboxylic acids is 1. The van der Waals surface area contributed by atoms with Crippen molar-refractivity contribution in [3.63, 3.8) is 0 Å². The Morgan fingerprint density at radius 1 is 1.23 bits per heavy atom. The van der Waals surface area contributed by atoms with Crippen LogP contribution in [0.5, 0.6) is 0 Å². The number of benzene rings is 2. The minimum Gasteiger partial charge on any atom is -0.384 e. The van der Waals surface area contributed by atoms with Crippen LogP contribution in [0.2, 0.25) is 0 Å². The van der Waals surface area contributed by atoms with Gasteiger partial charge in [0.2, 0.25) is 5.91 Å². The first kappa shape index (κ1) is 21.1. The van der Waals surface area contributed by atoms with Gasteiger partial charge in [-0.3, -0.25) is 4.79 Å². The van der Waals surface area contributed by atoms with Crippen LogP contribution in [0, 0.1) is 12.7 Å². The molecule has 0 saturated carbocycles. The van der Waals surface area contributed by atoms with Crippen molar-refractivity contribution in [1.29, 1.82) is 0 Å². The van der Waals surface area contributed by atoms with Gasteiger partial charge >= 0.3 is 0 Å². The highest BCUT2D eigenvalue weighted by atomic mass is 19.1. The van der Waals surface area contributed by atoms with Gasteiger partial charge in [-0.25, -0.2) is 4.39 Å². The van der Waals surface area contributed by atoms with E-state index in [9.17, 15) is 9.18 Å². The van der Waals surface area contributed by atoms with E-state index in [1.165, 1.54) is 5.56 Å². The van der Waals surface area contributed by atoms with Crippen LogP contribution in [0.1, 0.15) is 23.1 Å². The molecule has 0 aliphatic carbocycles. The third kappa shape index (κ3) is 5.52. The second kappa shape index (κ2) is 9.79. The Bertz CT molecular complexity index is 996. The van der Waals surface area contributed by atoms with Crippen molar-refractivity contribution in [3.8, 4) is 0 Å². The van der Waals surface area contributed by atoms with E-state index in [0.717, 1.165) is 29.9 Å². The molecule has 0 spiro atoms. The monoisotopic (exact) mass is 421 g/mol. The number of aryl methyl sites for hydroxylation is 1. The lowest BCUT2D eigenvalue weighted by atomic mass is 10.0. The average molecular weight is 422 g/mol. The molecular formula is C25H28FN3O2. The molecule has 0 aromatic heterocycles. The predicted octanol–water partition coefficient (Wildman–Crippen LogP) is 3.55. The highest BCUT2D eigenvalue weighted by Crippen LogP contribution is 2.26. The lowest BCUT2D eigenvalue weighted by molar-refractivity contribution is -0.121. The number of dihydropyridines is 1. The number of hydrogen-bond acceptors (Lipinski definition) is 4. The maximum Gasteiger partial charge on any atom is 0.222 e. The zero-order valence-corrected chi connectivity index (χ0v) is 17.7. The molecule has 1 atom stereocenters. The fourth-order valence-corrected chi connectivity index (χ4v) is 3.87. The predicted molar refractivity (Wildman–Crippen MR) is 121 cm³/mol. The molecule has 0 bridgehead atoms. The van der Waals surface area contributed by atoms with E-state index in [1.807, 2.05) is 49.4 Å². The fourth-order valence-electron chi connectivity index (χ4n) is 3.87. The number of carbonyl (C=O) groups is 1. The van der Waals surface area contributed by atoms with Crippen molar-refractivity contribution < 1.29 is 13.9 Å². The number of nitrogens with zero attached hydrogens (tertiary/aromatic N) is 1. The third-order valence-electron chi connectivity index (χ3n) is 5.58. The standard InChI is InChI=1S/C25H28FN3O2/c1-18-3-2-4-19(13-18)16-28-25(30)14-21-6-5-20(17-27-21)23-8-7-22(15-24(23)26)29-9-11-31-12-10-29/h2-8,13,15,17,21,27H,9-12,14,16H2,1H3,(H,28,30). The summed E-state index contributed by atoms with van der Waals surface area (Å²) < 4.78 is 20.1. The summed E-state index contributed by atoms with van der Waals surface area (Å²) in [4.78, 5) is 14.4. The normalized spacial score (nSPS) is 18.3. The van der Waals surface area contributed by atoms with E-state index < -0.39 is 0 Å². The number of hydrogen-bond donors (Lipinski definition) is 2. The molecule has 6 heteroatoms. The van der Waals surface area contributed by atoms with Crippen LogP contribution < -0.4 is 15.5 Å². The molecule has 2 aromatic rings. The van der Waals surface area contributed by atoms with Crippen molar-refractivity contribution in [2.75, 3.05) is 31.2 Å². The van der Waals surface area contributed by atoms with Crippen molar-refractivity contribution in [3.05, 3.63) is 83.3 Å². The summed E-state index contributed by atoms with van der Waals surface area (Å²) in [7, 11) is 0. The average Bonchev–Trinajstić information content (AvgIpc) is 2.79. The Labute approximate surface area is 182 Å². The van der Waals surface area contributed by atoms with Gasteiger partial charge in [-0.2, -0.15) is 0 Å². The van der Waals surface area contributed by atoms with Gasteiger partial charge in [-0.15, -0.1) is 0 Å². The highest BCUT2D eigenvalue weighted by Gasteiger charge is 2.17. The first-order chi connectivity index (χ1) is 15.1. The summed E-state index contributed by atoms with van der Waals surface area (Å²) in [6, 6.07) is 13.3. The first-order valence-corrected chi connectivity index (χ1v) is 10.7. The summed E-state index contributed by atoms with van der Waals surface area (Å²) in [5, 5.41) is 6.16. The minimum atomic E-state index is -0.254. The van der Waals surface area contributed by atoms with Crippen LogP contribution in [0.4, 0.5) is 10.1 Å². The number of amides is 1. The number of rotatable bonds is 6. The summed E-state index contributed by atoms with van der Waals surface area (Å²) in [6.07, 6.45) is 5.90. The largest absolute Gasteiger partial charge is 0.384 e. The van der Waals surface area contributed by atoms with Crippen LogP contribution >= 0.6 is 0 Å². The minimum absolute atomic E-state index is 0.0263. The Balaban J connectivity index is 1.30. The van der Waals surface area contributed by atoms with Gasteiger partial charge in [0.15, 0.2) is 0 Å². The topological polar surface area (TPSA) is 53.6 Å². The molecule has 2 aromatic carbocycles. The summed E-state index contributed by atoms with van der Waals surface area (Å²) in [5.41, 5.74) is 4.44. The van der Waals surface area contributed by atoms with E-state index >= 15 is 0 Å². The molecular weight excluding hydrogens is 393 g/mol. The smallest absolute Gasteiger partial charge is 0.222 e. The molecule has 162 valence electrons. The molecule has 1 saturated heterocycles. The molecule has 1 unspecified atom stereocenters. The second-order valence-electron chi connectivity index (χ2n) is 7.97. The maximum absolute atomic E-state index is 14.8. The molecule has 1 amide bonds. The van der Waals surface area contributed by atoms with E-state index in [1.54, 1.807) is 12.3 Å². The third-order valence-corrected chi connectivity index (χ3v) is 5.58. The van der Waals surface area contributed by atoms with Crippen molar-refractivity contribution in [2.24, 2.45) is 0 Å².